The lowest BCUT2D eigenvalue weighted by Gasteiger charge is -2.01. The predicted octanol–water partition coefficient (Wildman–Crippen LogP) is 1.69. The summed E-state index contributed by atoms with van der Waals surface area (Å²) >= 11 is 1.49. The Morgan fingerprint density at radius 3 is 3.00 bits per heavy atom. The highest BCUT2D eigenvalue weighted by Gasteiger charge is 2.00. The van der Waals surface area contributed by atoms with Crippen molar-refractivity contribution in [3.8, 4) is 5.88 Å². The van der Waals surface area contributed by atoms with E-state index in [1.807, 2.05) is 5.38 Å². The Balaban J connectivity index is 2.17. The average molecular weight is 208 g/mol. The van der Waals surface area contributed by atoms with E-state index >= 15 is 0 Å². The first-order chi connectivity index (χ1) is 6.88. The van der Waals surface area contributed by atoms with Crippen LogP contribution in [0.3, 0.4) is 0 Å². The molecule has 0 spiro atoms. The van der Waals surface area contributed by atoms with Crippen LogP contribution in [0, 0.1) is 0 Å². The zero-order valence-electron chi connectivity index (χ0n) is 7.47. The molecule has 0 saturated carbocycles. The summed E-state index contributed by atoms with van der Waals surface area (Å²) in [5.41, 5.74) is 0. The molecule has 0 bridgehead atoms. The van der Waals surface area contributed by atoms with Gasteiger partial charge in [-0.2, -0.15) is 4.98 Å². The lowest BCUT2D eigenvalue weighted by molar-refractivity contribution is 0.397. The second-order valence-electron chi connectivity index (χ2n) is 2.38. The van der Waals surface area contributed by atoms with E-state index in [9.17, 15) is 0 Å². The van der Waals surface area contributed by atoms with Crippen molar-refractivity contribution in [3.63, 3.8) is 0 Å². The largest absolute Gasteiger partial charge is 0.481 e. The van der Waals surface area contributed by atoms with E-state index in [1.165, 1.54) is 11.3 Å². The highest BCUT2D eigenvalue weighted by molar-refractivity contribution is 7.13. The van der Waals surface area contributed by atoms with Gasteiger partial charge in [-0.1, -0.05) is 0 Å². The minimum absolute atomic E-state index is 0.485. The molecule has 5 nitrogen and oxygen atoms in total. The minimum atomic E-state index is 0.485. The molecule has 2 aromatic rings. The molecular weight excluding hydrogens is 200 g/mol. The molecule has 6 heteroatoms. The molecule has 0 fully saturated rings. The van der Waals surface area contributed by atoms with Gasteiger partial charge < -0.3 is 4.74 Å². The standard InChI is InChI=1S/C8H8N4OS/c1-13-6-2-3-9-7(11-6)12-8-10-4-5-14-8/h2-5H,1H3,(H,9,10,11,12). The summed E-state index contributed by atoms with van der Waals surface area (Å²) in [5.74, 6) is 1.01. The monoisotopic (exact) mass is 208 g/mol. The second-order valence-corrected chi connectivity index (χ2v) is 3.28. The Labute approximate surface area is 84.8 Å². The van der Waals surface area contributed by atoms with E-state index in [-0.39, 0.29) is 0 Å². The summed E-state index contributed by atoms with van der Waals surface area (Å²) in [6.07, 6.45) is 3.34. The fraction of sp³-hybridized carbons (Fsp3) is 0.125. The summed E-state index contributed by atoms with van der Waals surface area (Å²) in [7, 11) is 1.56. The quantitative estimate of drug-likeness (QED) is 0.831. The number of rotatable bonds is 3. The second kappa shape index (κ2) is 4.01. The van der Waals surface area contributed by atoms with Crippen molar-refractivity contribution < 1.29 is 4.74 Å². The lowest BCUT2D eigenvalue weighted by atomic mass is 10.6. The van der Waals surface area contributed by atoms with Gasteiger partial charge in [0.05, 0.1) is 7.11 Å². The molecule has 0 amide bonds. The highest BCUT2D eigenvalue weighted by Crippen LogP contribution is 2.16. The summed E-state index contributed by atoms with van der Waals surface area (Å²) in [6, 6.07) is 1.69. The van der Waals surface area contributed by atoms with Crippen LogP contribution in [0.2, 0.25) is 0 Å². The first-order valence-electron chi connectivity index (χ1n) is 3.92. The van der Waals surface area contributed by atoms with E-state index in [0.717, 1.165) is 5.13 Å². The SMILES string of the molecule is COc1ccnc(Nc2nccs2)n1. The summed E-state index contributed by atoms with van der Waals surface area (Å²) in [5, 5.41) is 5.60. The van der Waals surface area contributed by atoms with Crippen LogP contribution < -0.4 is 10.1 Å². The van der Waals surface area contributed by atoms with Crippen molar-refractivity contribution >= 4 is 22.4 Å². The number of hydrogen-bond acceptors (Lipinski definition) is 6. The number of thiazole rings is 1. The lowest BCUT2D eigenvalue weighted by Crippen LogP contribution is -1.97. The van der Waals surface area contributed by atoms with E-state index in [4.69, 9.17) is 4.74 Å². The van der Waals surface area contributed by atoms with Crippen LogP contribution in [0.4, 0.5) is 11.1 Å². The Morgan fingerprint density at radius 2 is 2.29 bits per heavy atom. The summed E-state index contributed by atoms with van der Waals surface area (Å²) < 4.78 is 4.97. The summed E-state index contributed by atoms with van der Waals surface area (Å²) in [6.45, 7) is 0. The maximum atomic E-state index is 4.97. The molecule has 0 atom stereocenters. The third kappa shape index (κ3) is 1.97. The van der Waals surface area contributed by atoms with Crippen LogP contribution >= 0.6 is 11.3 Å². The van der Waals surface area contributed by atoms with Crippen molar-refractivity contribution in [2.45, 2.75) is 0 Å². The van der Waals surface area contributed by atoms with E-state index in [2.05, 4.69) is 20.3 Å². The van der Waals surface area contributed by atoms with Crippen molar-refractivity contribution in [1.29, 1.82) is 0 Å². The molecule has 2 rings (SSSR count). The molecule has 14 heavy (non-hydrogen) atoms. The molecule has 0 aromatic carbocycles. The van der Waals surface area contributed by atoms with Crippen LogP contribution in [0.5, 0.6) is 5.88 Å². The number of aromatic nitrogens is 3. The maximum absolute atomic E-state index is 4.97. The van der Waals surface area contributed by atoms with Gasteiger partial charge in [0.25, 0.3) is 0 Å². The van der Waals surface area contributed by atoms with Gasteiger partial charge in [0.15, 0.2) is 5.13 Å². The van der Waals surface area contributed by atoms with Crippen LogP contribution in [-0.4, -0.2) is 22.1 Å². The molecule has 0 unspecified atom stereocenters. The Kier molecular flexibility index (Phi) is 2.55. The van der Waals surface area contributed by atoms with Crippen LogP contribution in [0.15, 0.2) is 23.8 Å². The van der Waals surface area contributed by atoms with Gasteiger partial charge in [-0.3, -0.25) is 5.32 Å². The molecule has 72 valence electrons. The third-order valence-electron chi connectivity index (χ3n) is 1.49. The molecule has 0 aliphatic carbocycles. The van der Waals surface area contributed by atoms with Gasteiger partial charge in [0.2, 0.25) is 11.8 Å². The zero-order valence-corrected chi connectivity index (χ0v) is 8.28. The predicted molar refractivity (Wildman–Crippen MR) is 54.0 cm³/mol. The number of ether oxygens (including phenoxy) is 1. The van der Waals surface area contributed by atoms with Crippen LogP contribution in [0.25, 0.3) is 0 Å². The smallest absolute Gasteiger partial charge is 0.232 e. The van der Waals surface area contributed by atoms with Crippen molar-refractivity contribution in [3.05, 3.63) is 23.8 Å². The molecular formula is C8H8N4OS. The van der Waals surface area contributed by atoms with Crippen LogP contribution in [-0.2, 0) is 0 Å². The average Bonchev–Trinajstić information content (AvgIpc) is 2.71. The fourth-order valence-corrected chi connectivity index (χ4v) is 1.42. The topological polar surface area (TPSA) is 59.9 Å². The normalized spacial score (nSPS) is 9.79. The first kappa shape index (κ1) is 8.89. The number of methoxy groups -OCH3 is 1. The molecule has 0 saturated heterocycles. The highest BCUT2D eigenvalue weighted by atomic mass is 32.1. The number of nitrogens with one attached hydrogen (secondary N) is 1. The first-order valence-corrected chi connectivity index (χ1v) is 4.80. The van der Waals surface area contributed by atoms with Crippen molar-refractivity contribution in [1.82, 2.24) is 15.0 Å². The number of anilines is 2. The van der Waals surface area contributed by atoms with Gasteiger partial charge in [-0.25, -0.2) is 9.97 Å². The summed E-state index contributed by atoms with van der Waals surface area (Å²) in [4.78, 5) is 12.2. The number of hydrogen-bond donors (Lipinski definition) is 1. The molecule has 1 N–H and O–H groups in total. The Hall–Kier alpha value is -1.69. The maximum Gasteiger partial charge on any atom is 0.232 e. The van der Waals surface area contributed by atoms with Gasteiger partial charge in [0, 0.05) is 23.8 Å². The molecule has 0 aliphatic heterocycles. The van der Waals surface area contributed by atoms with Crippen LogP contribution in [0.1, 0.15) is 0 Å². The van der Waals surface area contributed by atoms with E-state index in [1.54, 1.807) is 25.6 Å². The zero-order chi connectivity index (χ0) is 9.80. The minimum Gasteiger partial charge on any atom is -0.481 e. The van der Waals surface area contributed by atoms with Gasteiger partial charge in [0.1, 0.15) is 0 Å². The molecule has 2 heterocycles. The Morgan fingerprint density at radius 1 is 1.36 bits per heavy atom. The van der Waals surface area contributed by atoms with E-state index < -0.39 is 0 Å². The fourth-order valence-electron chi connectivity index (χ4n) is 0.897. The third-order valence-corrected chi connectivity index (χ3v) is 2.18. The van der Waals surface area contributed by atoms with Crippen molar-refractivity contribution in [2.24, 2.45) is 0 Å². The van der Waals surface area contributed by atoms with Gasteiger partial charge in [-0.15, -0.1) is 11.3 Å². The molecule has 0 radical (unpaired) electrons. The van der Waals surface area contributed by atoms with E-state index in [0.29, 0.717) is 11.8 Å². The van der Waals surface area contributed by atoms with Crippen molar-refractivity contribution in [2.75, 3.05) is 12.4 Å². The Bertz CT molecular complexity index is 403. The molecule has 0 aliphatic rings. The molecule has 2 aromatic heterocycles. The van der Waals surface area contributed by atoms with Gasteiger partial charge >= 0.3 is 0 Å². The van der Waals surface area contributed by atoms with Gasteiger partial charge in [-0.05, 0) is 0 Å². The number of nitrogens with zero attached hydrogens (tertiary/aromatic N) is 3.